The smallest absolute Gasteiger partial charge is 0.319 e. The predicted octanol–water partition coefficient (Wildman–Crippen LogP) is 3.99. The van der Waals surface area contributed by atoms with Gasteiger partial charge in [-0.25, -0.2) is 4.79 Å². The highest BCUT2D eigenvalue weighted by Gasteiger charge is 2.22. The van der Waals surface area contributed by atoms with Gasteiger partial charge in [-0.3, -0.25) is 0 Å². The Bertz CT molecular complexity index is 660. The van der Waals surface area contributed by atoms with Crippen LogP contribution in [0.25, 0.3) is 0 Å². The van der Waals surface area contributed by atoms with E-state index < -0.39 is 0 Å². The summed E-state index contributed by atoms with van der Waals surface area (Å²) >= 11 is 5.90. The third-order valence-electron chi connectivity index (χ3n) is 3.35. The second-order valence-electron chi connectivity index (χ2n) is 4.84. The highest BCUT2D eigenvalue weighted by molar-refractivity contribution is 6.30. The molecule has 2 amide bonds. The van der Waals surface area contributed by atoms with Crippen molar-refractivity contribution in [2.24, 2.45) is 0 Å². The Morgan fingerprint density at radius 1 is 1.19 bits per heavy atom. The first kappa shape index (κ1) is 13.8. The highest BCUT2D eigenvalue weighted by atomic mass is 35.5. The van der Waals surface area contributed by atoms with Gasteiger partial charge in [0, 0.05) is 22.7 Å². The van der Waals surface area contributed by atoms with Crippen molar-refractivity contribution in [1.29, 1.82) is 0 Å². The molecule has 3 rings (SSSR count). The fourth-order valence-corrected chi connectivity index (χ4v) is 2.57. The summed E-state index contributed by atoms with van der Waals surface area (Å²) in [6.07, 6.45) is 0.750. The summed E-state index contributed by atoms with van der Waals surface area (Å²) in [5.41, 5.74) is 1.67. The third-order valence-corrected chi connectivity index (χ3v) is 3.58. The molecular formula is C16H15ClN2O2. The molecule has 0 radical (unpaired) electrons. The number of para-hydroxylation sites is 1. The summed E-state index contributed by atoms with van der Waals surface area (Å²) in [7, 11) is 0. The summed E-state index contributed by atoms with van der Waals surface area (Å²) in [6.45, 7) is 0.596. The van der Waals surface area contributed by atoms with E-state index in [4.69, 9.17) is 16.3 Å². The first-order chi connectivity index (χ1) is 10.2. The van der Waals surface area contributed by atoms with Gasteiger partial charge in [-0.05, 0) is 24.3 Å². The molecule has 1 aliphatic heterocycles. The van der Waals surface area contributed by atoms with Gasteiger partial charge in [-0.1, -0.05) is 35.9 Å². The zero-order valence-electron chi connectivity index (χ0n) is 11.3. The topological polar surface area (TPSA) is 50.4 Å². The minimum absolute atomic E-state index is 0.0471. The zero-order chi connectivity index (χ0) is 14.7. The number of fused-ring (bicyclic) bond motifs is 1. The number of carbonyl (C=O) groups is 1. The zero-order valence-corrected chi connectivity index (χ0v) is 12.1. The Morgan fingerprint density at radius 2 is 2.05 bits per heavy atom. The van der Waals surface area contributed by atoms with Gasteiger partial charge in [0.2, 0.25) is 0 Å². The summed E-state index contributed by atoms with van der Waals surface area (Å²) in [6, 6.07) is 14.5. The highest BCUT2D eigenvalue weighted by Crippen LogP contribution is 2.31. The van der Waals surface area contributed by atoms with Crippen molar-refractivity contribution in [2.45, 2.75) is 12.5 Å². The average molecular weight is 303 g/mol. The molecule has 2 aromatic rings. The number of rotatable bonds is 2. The van der Waals surface area contributed by atoms with E-state index in [9.17, 15) is 4.79 Å². The minimum Gasteiger partial charge on any atom is -0.493 e. The molecule has 0 bridgehead atoms. The van der Waals surface area contributed by atoms with Crippen molar-refractivity contribution in [1.82, 2.24) is 5.32 Å². The molecule has 0 aromatic heterocycles. The molecule has 0 saturated heterocycles. The van der Waals surface area contributed by atoms with Crippen LogP contribution < -0.4 is 15.4 Å². The summed E-state index contributed by atoms with van der Waals surface area (Å²) in [5.74, 6) is 0.830. The molecule has 5 heteroatoms. The number of benzene rings is 2. The number of ether oxygens (including phenoxy) is 1. The van der Waals surface area contributed by atoms with Crippen LogP contribution in [0.2, 0.25) is 5.02 Å². The lowest BCUT2D eigenvalue weighted by Gasteiger charge is -2.26. The molecule has 0 aliphatic carbocycles. The third kappa shape index (κ3) is 3.28. The van der Waals surface area contributed by atoms with Gasteiger partial charge < -0.3 is 15.4 Å². The van der Waals surface area contributed by atoms with Crippen molar-refractivity contribution in [2.75, 3.05) is 11.9 Å². The second kappa shape index (κ2) is 6.06. The van der Waals surface area contributed by atoms with Crippen molar-refractivity contribution in [3.63, 3.8) is 0 Å². The number of halogens is 1. The van der Waals surface area contributed by atoms with Gasteiger partial charge in [-0.2, -0.15) is 0 Å². The molecule has 1 unspecified atom stereocenters. The predicted molar refractivity (Wildman–Crippen MR) is 82.9 cm³/mol. The number of hydrogen-bond donors (Lipinski definition) is 2. The lowest BCUT2D eigenvalue weighted by atomic mass is 10.0. The van der Waals surface area contributed by atoms with Crippen molar-refractivity contribution in [3.05, 3.63) is 59.1 Å². The summed E-state index contributed by atoms with van der Waals surface area (Å²) < 4.78 is 5.58. The Morgan fingerprint density at radius 3 is 2.90 bits per heavy atom. The van der Waals surface area contributed by atoms with Gasteiger partial charge in [-0.15, -0.1) is 0 Å². The molecular weight excluding hydrogens is 288 g/mol. The fraction of sp³-hybridized carbons (Fsp3) is 0.188. The molecule has 0 spiro atoms. The van der Waals surface area contributed by atoms with Crippen LogP contribution in [0.15, 0.2) is 48.5 Å². The van der Waals surface area contributed by atoms with Crippen LogP contribution in [0.1, 0.15) is 18.0 Å². The number of carbonyl (C=O) groups excluding carboxylic acids is 1. The van der Waals surface area contributed by atoms with E-state index in [0.717, 1.165) is 17.7 Å². The van der Waals surface area contributed by atoms with E-state index >= 15 is 0 Å². The number of nitrogens with one attached hydrogen (secondary N) is 2. The van der Waals surface area contributed by atoms with Crippen LogP contribution >= 0.6 is 11.6 Å². The van der Waals surface area contributed by atoms with Crippen LogP contribution in [0.4, 0.5) is 10.5 Å². The van der Waals surface area contributed by atoms with Gasteiger partial charge in [0.25, 0.3) is 0 Å². The van der Waals surface area contributed by atoms with Gasteiger partial charge >= 0.3 is 6.03 Å². The molecule has 1 aliphatic rings. The summed E-state index contributed by atoms with van der Waals surface area (Å²) in [5, 5.41) is 6.34. The maximum absolute atomic E-state index is 12.1. The Balaban J connectivity index is 1.68. The van der Waals surface area contributed by atoms with E-state index in [2.05, 4.69) is 10.6 Å². The lowest BCUT2D eigenvalue weighted by Crippen LogP contribution is -2.35. The monoisotopic (exact) mass is 302 g/mol. The molecule has 108 valence electrons. The second-order valence-corrected chi connectivity index (χ2v) is 5.27. The van der Waals surface area contributed by atoms with Crippen molar-refractivity contribution in [3.8, 4) is 5.75 Å². The van der Waals surface area contributed by atoms with Crippen LogP contribution in [-0.2, 0) is 0 Å². The van der Waals surface area contributed by atoms with Crippen molar-refractivity contribution >= 4 is 23.3 Å². The van der Waals surface area contributed by atoms with Crippen LogP contribution in [-0.4, -0.2) is 12.6 Å². The number of amides is 2. The first-order valence-corrected chi connectivity index (χ1v) is 7.15. The van der Waals surface area contributed by atoms with Crippen LogP contribution in [0.5, 0.6) is 5.75 Å². The number of hydrogen-bond acceptors (Lipinski definition) is 2. The van der Waals surface area contributed by atoms with Crippen molar-refractivity contribution < 1.29 is 9.53 Å². The van der Waals surface area contributed by atoms with E-state index in [-0.39, 0.29) is 12.1 Å². The SMILES string of the molecule is O=C(Nc1cccc(Cl)c1)NC1CCOc2ccccc21. The van der Waals surface area contributed by atoms with E-state index in [1.807, 2.05) is 24.3 Å². The van der Waals surface area contributed by atoms with E-state index in [0.29, 0.717) is 17.3 Å². The lowest BCUT2D eigenvalue weighted by molar-refractivity contribution is 0.232. The molecule has 1 atom stereocenters. The fourth-order valence-electron chi connectivity index (χ4n) is 2.38. The standard InChI is InChI=1S/C16H15ClN2O2/c17-11-4-3-5-12(10-11)18-16(20)19-14-8-9-21-15-7-2-1-6-13(14)15/h1-7,10,14H,8-9H2,(H2,18,19,20). The molecule has 4 nitrogen and oxygen atoms in total. The molecule has 21 heavy (non-hydrogen) atoms. The van der Waals surface area contributed by atoms with Crippen LogP contribution in [0, 0.1) is 0 Å². The minimum atomic E-state index is -0.251. The quantitative estimate of drug-likeness (QED) is 0.881. The Kier molecular flexibility index (Phi) is 3.97. The first-order valence-electron chi connectivity index (χ1n) is 6.77. The molecule has 0 saturated carbocycles. The van der Waals surface area contributed by atoms with Gasteiger partial charge in [0.1, 0.15) is 5.75 Å². The maximum Gasteiger partial charge on any atom is 0.319 e. The molecule has 2 aromatic carbocycles. The molecule has 2 N–H and O–H groups in total. The van der Waals surface area contributed by atoms with Gasteiger partial charge in [0.15, 0.2) is 0 Å². The average Bonchev–Trinajstić information content (AvgIpc) is 2.47. The Hall–Kier alpha value is -2.20. The normalized spacial score (nSPS) is 16.5. The summed E-state index contributed by atoms with van der Waals surface area (Å²) in [4.78, 5) is 12.1. The number of urea groups is 1. The van der Waals surface area contributed by atoms with Crippen LogP contribution in [0.3, 0.4) is 0 Å². The van der Waals surface area contributed by atoms with E-state index in [1.54, 1.807) is 24.3 Å². The maximum atomic E-state index is 12.1. The molecule has 1 heterocycles. The molecule has 0 fully saturated rings. The number of anilines is 1. The van der Waals surface area contributed by atoms with Gasteiger partial charge in [0.05, 0.1) is 12.6 Å². The Labute approximate surface area is 128 Å². The van der Waals surface area contributed by atoms with E-state index in [1.165, 1.54) is 0 Å². The largest absolute Gasteiger partial charge is 0.493 e.